The van der Waals surface area contributed by atoms with Crippen LogP contribution >= 0.6 is 0 Å². The Morgan fingerprint density at radius 3 is 2.71 bits per heavy atom. The number of nitrogens with one attached hydrogen (secondary N) is 1. The minimum absolute atomic E-state index is 0.281. The number of benzene rings is 1. The number of hydrogen-bond donors (Lipinski definition) is 1. The summed E-state index contributed by atoms with van der Waals surface area (Å²) in [5.74, 6) is 0. The lowest BCUT2D eigenvalue weighted by Crippen LogP contribution is -2.14. The molecule has 1 aromatic rings. The van der Waals surface area contributed by atoms with Crippen LogP contribution in [0.15, 0.2) is 24.3 Å². The summed E-state index contributed by atoms with van der Waals surface area (Å²) in [6, 6.07) is 8.33. The van der Waals surface area contributed by atoms with Crippen LogP contribution < -0.4 is 5.32 Å². The second-order valence-electron chi connectivity index (χ2n) is 4.33. The molecule has 1 aromatic carbocycles. The van der Waals surface area contributed by atoms with E-state index in [0.717, 1.165) is 12.2 Å². The maximum absolute atomic E-state index is 5.45. The molecule has 0 saturated carbocycles. The maximum Gasteiger partial charge on any atom is 0.0703 e. The summed E-state index contributed by atoms with van der Waals surface area (Å²) in [4.78, 5) is 0. The van der Waals surface area contributed by atoms with Gasteiger partial charge in [0, 0.05) is 12.2 Å². The third-order valence-electron chi connectivity index (χ3n) is 2.27. The van der Waals surface area contributed by atoms with Gasteiger partial charge in [0.1, 0.15) is 0 Å². The zero-order valence-electron chi connectivity index (χ0n) is 11.0. The van der Waals surface area contributed by atoms with Gasteiger partial charge in [-0.1, -0.05) is 12.1 Å². The quantitative estimate of drug-likeness (QED) is 0.705. The van der Waals surface area contributed by atoms with Gasteiger partial charge in [-0.25, -0.2) is 0 Å². The van der Waals surface area contributed by atoms with Gasteiger partial charge in [0.05, 0.1) is 25.9 Å². The summed E-state index contributed by atoms with van der Waals surface area (Å²) < 4.78 is 10.8. The second kappa shape index (κ2) is 8.09. The largest absolute Gasteiger partial charge is 0.383 e. The average Bonchev–Trinajstić information content (AvgIpc) is 2.27. The Bertz CT molecular complexity index is 313. The molecule has 0 spiro atoms. The summed E-state index contributed by atoms with van der Waals surface area (Å²) in [6.45, 7) is 9.00. The maximum atomic E-state index is 5.45. The molecule has 17 heavy (non-hydrogen) atoms. The van der Waals surface area contributed by atoms with E-state index in [1.165, 1.54) is 5.56 Å². The molecule has 96 valence electrons. The summed E-state index contributed by atoms with van der Waals surface area (Å²) in [7, 11) is 0. The van der Waals surface area contributed by atoms with Gasteiger partial charge >= 0.3 is 0 Å². The second-order valence-corrected chi connectivity index (χ2v) is 4.33. The molecule has 0 aromatic heterocycles. The topological polar surface area (TPSA) is 30.5 Å². The fraction of sp³-hybridized carbons (Fsp3) is 0.571. The molecular formula is C14H23NO2. The van der Waals surface area contributed by atoms with Crippen LogP contribution in [0.2, 0.25) is 0 Å². The normalized spacial score (nSPS) is 10.8. The third-order valence-corrected chi connectivity index (χ3v) is 2.27. The highest BCUT2D eigenvalue weighted by Gasteiger charge is 1.94. The molecule has 0 fully saturated rings. The van der Waals surface area contributed by atoms with Gasteiger partial charge in [-0.3, -0.25) is 0 Å². The predicted molar refractivity (Wildman–Crippen MR) is 71.6 cm³/mol. The summed E-state index contributed by atoms with van der Waals surface area (Å²) in [5, 5.41) is 3.32. The van der Waals surface area contributed by atoms with Crippen molar-refractivity contribution in [3.63, 3.8) is 0 Å². The summed E-state index contributed by atoms with van der Waals surface area (Å²) in [6.07, 6.45) is 0.281. The van der Waals surface area contributed by atoms with Gasteiger partial charge in [0.15, 0.2) is 0 Å². The van der Waals surface area contributed by atoms with Gasteiger partial charge in [0.2, 0.25) is 0 Å². The van der Waals surface area contributed by atoms with E-state index in [2.05, 4.69) is 36.5 Å². The molecule has 0 aliphatic heterocycles. The highest BCUT2D eigenvalue weighted by atomic mass is 16.5. The van der Waals surface area contributed by atoms with E-state index in [1.54, 1.807) is 0 Å². The van der Waals surface area contributed by atoms with Crippen molar-refractivity contribution in [2.24, 2.45) is 0 Å². The Labute approximate surface area is 104 Å². The van der Waals surface area contributed by atoms with E-state index in [4.69, 9.17) is 9.47 Å². The van der Waals surface area contributed by atoms with Gasteiger partial charge in [-0.05, 0) is 38.5 Å². The van der Waals surface area contributed by atoms with Crippen LogP contribution in [0.3, 0.4) is 0 Å². The molecule has 0 aliphatic carbocycles. The molecule has 3 heteroatoms. The number of aryl methyl sites for hydroxylation is 1. The lowest BCUT2D eigenvalue weighted by atomic mass is 10.2. The Morgan fingerprint density at radius 1 is 1.18 bits per heavy atom. The van der Waals surface area contributed by atoms with Crippen LogP contribution in [0.4, 0.5) is 5.69 Å². The van der Waals surface area contributed by atoms with Gasteiger partial charge < -0.3 is 14.8 Å². The molecule has 0 radical (unpaired) electrons. The highest BCUT2D eigenvalue weighted by molar-refractivity contribution is 5.45. The minimum Gasteiger partial charge on any atom is -0.383 e. The minimum atomic E-state index is 0.281. The van der Waals surface area contributed by atoms with Crippen LogP contribution in [-0.4, -0.2) is 32.5 Å². The standard InChI is InChI=1S/C14H23NO2/c1-12(2)17-10-9-16-8-7-15-14-6-4-5-13(3)11-14/h4-6,11-12,15H,7-10H2,1-3H3. The Hall–Kier alpha value is -1.06. The van der Waals surface area contributed by atoms with Crippen LogP contribution in [0.5, 0.6) is 0 Å². The lowest BCUT2D eigenvalue weighted by Gasteiger charge is -2.09. The van der Waals surface area contributed by atoms with Crippen molar-refractivity contribution in [2.75, 3.05) is 31.7 Å². The zero-order valence-corrected chi connectivity index (χ0v) is 11.0. The molecule has 0 amide bonds. The van der Waals surface area contributed by atoms with Crippen LogP contribution in [0.25, 0.3) is 0 Å². The first kappa shape index (κ1) is 14.0. The Kier molecular flexibility index (Phi) is 6.67. The van der Waals surface area contributed by atoms with Gasteiger partial charge in [0.25, 0.3) is 0 Å². The Balaban J connectivity index is 2.01. The molecule has 3 nitrogen and oxygen atoms in total. The van der Waals surface area contributed by atoms with Crippen molar-refractivity contribution >= 4 is 5.69 Å². The number of hydrogen-bond acceptors (Lipinski definition) is 3. The average molecular weight is 237 g/mol. The van der Waals surface area contributed by atoms with Crippen molar-refractivity contribution in [1.29, 1.82) is 0 Å². The first-order valence-electron chi connectivity index (χ1n) is 6.18. The number of rotatable bonds is 8. The molecule has 0 saturated heterocycles. The van der Waals surface area contributed by atoms with Crippen molar-refractivity contribution in [2.45, 2.75) is 26.9 Å². The van der Waals surface area contributed by atoms with E-state index < -0.39 is 0 Å². The molecule has 0 unspecified atom stereocenters. The van der Waals surface area contributed by atoms with Crippen molar-refractivity contribution < 1.29 is 9.47 Å². The fourth-order valence-electron chi connectivity index (χ4n) is 1.47. The van der Waals surface area contributed by atoms with Gasteiger partial charge in [-0.15, -0.1) is 0 Å². The van der Waals surface area contributed by atoms with E-state index in [9.17, 15) is 0 Å². The zero-order chi connectivity index (χ0) is 12.5. The Morgan fingerprint density at radius 2 is 2.00 bits per heavy atom. The van der Waals surface area contributed by atoms with Crippen molar-refractivity contribution in [3.05, 3.63) is 29.8 Å². The van der Waals surface area contributed by atoms with E-state index in [-0.39, 0.29) is 6.10 Å². The number of ether oxygens (including phenoxy) is 2. The van der Waals surface area contributed by atoms with Crippen molar-refractivity contribution in [3.8, 4) is 0 Å². The highest BCUT2D eigenvalue weighted by Crippen LogP contribution is 2.08. The SMILES string of the molecule is Cc1cccc(NCCOCCOC(C)C)c1. The van der Waals surface area contributed by atoms with Crippen LogP contribution in [0, 0.1) is 6.92 Å². The fourth-order valence-corrected chi connectivity index (χ4v) is 1.47. The molecule has 1 N–H and O–H groups in total. The van der Waals surface area contributed by atoms with Gasteiger partial charge in [-0.2, -0.15) is 0 Å². The van der Waals surface area contributed by atoms with E-state index >= 15 is 0 Å². The molecule has 0 bridgehead atoms. The lowest BCUT2D eigenvalue weighted by molar-refractivity contribution is 0.0222. The first-order valence-corrected chi connectivity index (χ1v) is 6.18. The molecule has 0 aliphatic rings. The van der Waals surface area contributed by atoms with E-state index in [1.807, 2.05) is 13.8 Å². The van der Waals surface area contributed by atoms with Crippen molar-refractivity contribution in [1.82, 2.24) is 0 Å². The van der Waals surface area contributed by atoms with E-state index in [0.29, 0.717) is 19.8 Å². The van der Waals surface area contributed by atoms with Crippen LogP contribution in [0.1, 0.15) is 19.4 Å². The van der Waals surface area contributed by atoms with Crippen LogP contribution in [-0.2, 0) is 9.47 Å². The summed E-state index contributed by atoms with van der Waals surface area (Å²) >= 11 is 0. The molecule has 1 rings (SSSR count). The summed E-state index contributed by atoms with van der Waals surface area (Å²) in [5.41, 5.74) is 2.41. The predicted octanol–water partition coefficient (Wildman–Crippen LogP) is 2.85. The molecule has 0 heterocycles. The molecular weight excluding hydrogens is 214 g/mol. The number of anilines is 1. The first-order chi connectivity index (χ1) is 8.18. The molecule has 0 atom stereocenters. The monoisotopic (exact) mass is 237 g/mol. The third kappa shape index (κ3) is 6.97. The smallest absolute Gasteiger partial charge is 0.0703 e.